The molecule has 1 rings (SSSR count). The van der Waals surface area contributed by atoms with Crippen molar-refractivity contribution in [2.24, 2.45) is 5.92 Å². The Morgan fingerprint density at radius 2 is 1.71 bits per heavy atom. The van der Waals surface area contributed by atoms with E-state index in [1.807, 2.05) is 13.8 Å². The van der Waals surface area contributed by atoms with Crippen LogP contribution in [0, 0.1) is 5.92 Å². The average molecular weight is 237 g/mol. The first kappa shape index (κ1) is 13.4. The summed E-state index contributed by atoms with van der Waals surface area (Å²) in [6, 6.07) is 5.29. The number of ether oxygens (including phenoxy) is 2. The van der Waals surface area contributed by atoms with Crippen LogP contribution < -0.4 is 14.8 Å². The molecule has 0 spiro atoms. The third-order valence-corrected chi connectivity index (χ3v) is 2.23. The predicted molar refractivity (Wildman–Crippen MR) is 67.6 cm³/mol. The largest absolute Gasteiger partial charge is 0.497 e. The van der Waals surface area contributed by atoms with Crippen LogP contribution in [-0.4, -0.2) is 20.1 Å². The van der Waals surface area contributed by atoms with Crippen molar-refractivity contribution < 1.29 is 14.3 Å². The topological polar surface area (TPSA) is 47.6 Å². The van der Waals surface area contributed by atoms with E-state index < -0.39 is 0 Å². The monoisotopic (exact) mass is 237 g/mol. The van der Waals surface area contributed by atoms with Crippen LogP contribution in [0.1, 0.15) is 20.3 Å². The summed E-state index contributed by atoms with van der Waals surface area (Å²) in [5.74, 6) is 1.64. The Morgan fingerprint density at radius 1 is 1.18 bits per heavy atom. The van der Waals surface area contributed by atoms with Gasteiger partial charge in [0, 0.05) is 30.3 Å². The first-order chi connectivity index (χ1) is 8.05. The van der Waals surface area contributed by atoms with Gasteiger partial charge < -0.3 is 14.8 Å². The van der Waals surface area contributed by atoms with E-state index in [0.717, 1.165) is 0 Å². The summed E-state index contributed by atoms with van der Waals surface area (Å²) in [5.41, 5.74) is 0.687. The Kier molecular flexibility index (Phi) is 4.82. The normalized spacial score (nSPS) is 10.2. The molecule has 0 aromatic heterocycles. The molecule has 0 atom stereocenters. The Bertz CT molecular complexity index is 366. The van der Waals surface area contributed by atoms with Gasteiger partial charge in [-0.1, -0.05) is 13.8 Å². The maximum Gasteiger partial charge on any atom is 0.224 e. The third-order valence-electron chi connectivity index (χ3n) is 2.23. The lowest BCUT2D eigenvalue weighted by molar-refractivity contribution is -0.116. The molecule has 1 amide bonds. The summed E-state index contributed by atoms with van der Waals surface area (Å²) in [6.07, 6.45) is 0.500. The van der Waals surface area contributed by atoms with Crippen molar-refractivity contribution in [3.8, 4) is 11.5 Å². The van der Waals surface area contributed by atoms with E-state index in [9.17, 15) is 4.79 Å². The zero-order valence-electron chi connectivity index (χ0n) is 10.7. The van der Waals surface area contributed by atoms with Crippen molar-refractivity contribution in [3.05, 3.63) is 18.2 Å². The van der Waals surface area contributed by atoms with Gasteiger partial charge in [0.05, 0.1) is 14.2 Å². The number of amides is 1. The Labute approximate surface area is 102 Å². The van der Waals surface area contributed by atoms with Gasteiger partial charge in [-0.3, -0.25) is 4.79 Å². The van der Waals surface area contributed by atoms with Gasteiger partial charge in [-0.05, 0) is 5.92 Å². The molecule has 0 saturated carbocycles. The van der Waals surface area contributed by atoms with Crippen LogP contribution in [0.25, 0.3) is 0 Å². The summed E-state index contributed by atoms with van der Waals surface area (Å²) in [6.45, 7) is 4.01. The van der Waals surface area contributed by atoms with Crippen LogP contribution in [0.5, 0.6) is 11.5 Å². The van der Waals surface area contributed by atoms with E-state index >= 15 is 0 Å². The van der Waals surface area contributed by atoms with Crippen molar-refractivity contribution in [1.82, 2.24) is 0 Å². The molecule has 0 heterocycles. The van der Waals surface area contributed by atoms with Crippen LogP contribution in [0.4, 0.5) is 5.69 Å². The molecule has 0 bridgehead atoms. The van der Waals surface area contributed by atoms with E-state index in [4.69, 9.17) is 9.47 Å². The van der Waals surface area contributed by atoms with Gasteiger partial charge in [-0.25, -0.2) is 0 Å². The van der Waals surface area contributed by atoms with E-state index in [2.05, 4.69) is 5.32 Å². The van der Waals surface area contributed by atoms with Gasteiger partial charge in [-0.2, -0.15) is 0 Å². The zero-order valence-corrected chi connectivity index (χ0v) is 10.7. The van der Waals surface area contributed by atoms with E-state index in [1.165, 1.54) is 0 Å². The molecule has 94 valence electrons. The minimum atomic E-state index is -0.00435. The summed E-state index contributed by atoms with van der Waals surface area (Å²) in [7, 11) is 3.16. The van der Waals surface area contributed by atoms with E-state index in [-0.39, 0.29) is 5.91 Å². The number of anilines is 1. The van der Waals surface area contributed by atoms with Crippen LogP contribution >= 0.6 is 0 Å². The summed E-state index contributed by atoms with van der Waals surface area (Å²) in [5, 5.41) is 2.82. The number of hydrogen-bond acceptors (Lipinski definition) is 3. The highest BCUT2D eigenvalue weighted by Gasteiger charge is 2.07. The third kappa shape index (κ3) is 4.34. The Hall–Kier alpha value is -1.71. The Morgan fingerprint density at radius 3 is 2.12 bits per heavy atom. The molecule has 0 aliphatic rings. The number of hydrogen-bond donors (Lipinski definition) is 1. The molecule has 1 N–H and O–H groups in total. The molecule has 0 unspecified atom stereocenters. The van der Waals surface area contributed by atoms with E-state index in [1.54, 1.807) is 32.4 Å². The van der Waals surface area contributed by atoms with Crippen molar-refractivity contribution >= 4 is 11.6 Å². The predicted octanol–water partition coefficient (Wildman–Crippen LogP) is 2.69. The van der Waals surface area contributed by atoms with Gasteiger partial charge in [0.2, 0.25) is 5.91 Å². The second-order valence-corrected chi connectivity index (χ2v) is 4.25. The molecule has 1 aromatic rings. The number of rotatable bonds is 5. The summed E-state index contributed by atoms with van der Waals surface area (Å²) in [4.78, 5) is 11.6. The lowest BCUT2D eigenvalue weighted by atomic mass is 10.1. The maximum atomic E-state index is 11.6. The minimum absolute atomic E-state index is 0.00435. The molecule has 1 aromatic carbocycles. The van der Waals surface area contributed by atoms with Crippen LogP contribution in [0.15, 0.2) is 18.2 Å². The lowest BCUT2D eigenvalue weighted by Crippen LogP contribution is -2.13. The molecule has 0 aliphatic heterocycles. The number of carbonyl (C=O) groups is 1. The fourth-order valence-electron chi connectivity index (χ4n) is 1.46. The molecule has 0 fully saturated rings. The molecule has 0 aliphatic carbocycles. The molecule has 0 saturated heterocycles. The SMILES string of the molecule is COc1cc(NC(=O)CC(C)C)cc(OC)c1. The molecule has 0 radical (unpaired) electrons. The highest BCUT2D eigenvalue weighted by molar-refractivity contribution is 5.91. The smallest absolute Gasteiger partial charge is 0.224 e. The molecule has 17 heavy (non-hydrogen) atoms. The first-order valence-electron chi connectivity index (χ1n) is 5.58. The standard InChI is InChI=1S/C13H19NO3/c1-9(2)5-13(15)14-10-6-11(16-3)8-12(7-10)17-4/h6-9H,5H2,1-4H3,(H,14,15). The van der Waals surface area contributed by atoms with Gasteiger partial charge in [-0.15, -0.1) is 0 Å². The van der Waals surface area contributed by atoms with Gasteiger partial charge in [0.1, 0.15) is 11.5 Å². The second-order valence-electron chi connectivity index (χ2n) is 4.25. The highest BCUT2D eigenvalue weighted by atomic mass is 16.5. The first-order valence-corrected chi connectivity index (χ1v) is 5.58. The molecule has 4 heteroatoms. The second kappa shape index (κ2) is 6.13. The van der Waals surface area contributed by atoms with Gasteiger partial charge in [0.25, 0.3) is 0 Å². The molecule has 4 nitrogen and oxygen atoms in total. The fraction of sp³-hybridized carbons (Fsp3) is 0.462. The minimum Gasteiger partial charge on any atom is -0.497 e. The van der Waals surface area contributed by atoms with Gasteiger partial charge >= 0.3 is 0 Å². The summed E-state index contributed by atoms with van der Waals surface area (Å²) < 4.78 is 10.3. The quantitative estimate of drug-likeness (QED) is 0.856. The van der Waals surface area contributed by atoms with Crippen molar-refractivity contribution in [2.75, 3.05) is 19.5 Å². The fourth-order valence-corrected chi connectivity index (χ4v) is 1.46. The number of carbonyl (C=O) groups excluding carboxylic acids is 1. The molecular weight excluding hydrogens is 218 g/mol. The van der Waals surface area contributed by atoms with E-state index in [0.29, 0.717) is 29.5 Å². The van der Waals surface area contributed by atoms with Crippen LogP contribution in [-0.2, 0) is 4.79 Å². The van der Waals surface area contributed by atoms with Crippen molar-refractivity contribution in [3.63, 3.8) is 0 Å². The maximum absolute atomic E-state index is 11.6. The molecular formula is C13H19NO3. The Balaban J connectivity index is 2.79. The average Bonchev–Trinajstić information content (AvgIpc) is 2.27. The van der Waals surface area contributed by atoms with Gasteiger partial charge in [0.15, 0.2) is 0 Å². The lowest BCUT2D eigenvalue weighted by Gasteiger charge is -2.10. The van der Waals surface area contributed by atoms with Crippen LogP contribution in [0.2, 0.25) is 0 Å². The van der Waals surface area contributed by atoms with Crippen molar-refractivity contribution in [1.29, 1.82) is 0 Å². The number of benzene rings is 1. The van der Waals surface area contributed by atoms with Crippen molar-refractivity contribution in [2.45, 2.75) is 20.3 Å². The summed E-state index contributed by atoms with van der Waals surface area (Å²) >= 11 is 0. The number of nitrogens with one attached hydrogen (secondary N) is 1. The highest BCUT2D eigenvalue weighted by Crippen LogP contribution is 2.25. The zero-order chi connectivity index (χ0) is 12.8. The van der Waals surface area contributed by atoms with Crippen LogP contribution in [0.3, 0.4) is 0 Å². The number of methoxy groups -OCH3 is 2.